The van der Waals surface area contributed by atoms with Crippen LogP contribution < -0.4 is 11.1 Å². The molecule has 3 amide bonds. The second kappa shape index (κ2) is 19.2. The maximum Gasteiger partial charge on any atom is 0.236 e. The number of thiazole rings is 1. The number of ether oxygens (including phenoxy) is 2. The number of aryl methyl sites for hydroxylation is 1. The van der Waals surface area contributed by atoms with Gasteiger partial charge in [-0.1, -0.05) is 70.4 Å². The van der Waals surface area contributed by atoms with Gasteiger partial charge in [-0.15, -0.1) is 11.3 Å². The van der Waals surface area contributed by atoms with Crippen LogP contribution in [0.15, 0.2) is 35.8 Å². The fraction of sp³-hybridized carbons (Fsp3) is 0.667. The van der Waals surface area contributed by atoms with Crippen molar-refractivity contribution >= 4 is 29.1 Å². The van der Waals surface area contributed by atoms with E-state index in [9.17, 15) is 14.4 Å². The predicted octanol–water partition coefficient (Wildman–Crippen LogP) is 4.90. The summed E-state index contributed by atoms with van der Waals surface area (Å²) in [6, 6.07) is 7.49. The summed E-state index contributed by atoms with van der Waals surface area (Å²) < 4.78 is 12.0. The number of amides is 3. The number of nitrogens with one attached hydrogen (secondary N) is 1. The predicted molar refractivity (Wildman–Crippen MR) is 187 cm³/mol. The maximum atomic E-state index is 14.0. The van der Waals surface area contributed by atoms with Gasteiger partial charge in [0.25, 0.3) is 0 Å². The van der Waals surface area contributed by atoms with Crippen LogP contribution in [0.3, 0.4) is 0 Å². The highest BCUT2D eigenvalue weighted by atomic mass is 32.1. The fourth-order valence-electron chi connectivity index (χ4n) is 6.79. The Morgan fingerprint density at radius 3 is 2.45 bits per heavy atom. The molecule has 11 heteroatoms. The second-order valence-electron chi connectivity index (χ2n) is 12.9. The van der Waals surface area contributed by atoms with E-state index in [1.807, 2.05) is 22.1 Å². The van der Waals surface area contributed by atoms with Crippen molar-refractivity contribution in [3.63, 3.8) is 0 Å². The first kappa shape index (κ1) is 38.6. The zero-order chi connectivity index (χ0) is 34.5. The van der Waals surface area contributed by atoms with E-state index < -0.39 is 18.1 Å². The van der Waals surface area contributed by atoms with Crippen molar-refractivity contribution in [3.05, 3.63) is 52.0 Å². The molecule has 7 unspecified atom stereocenters. The van der Waals surface area contributed by atoms with Gasteiger partial charge in [-0.25, -0.2) is 4.98 Å². The molecule has 1 fully saturated rings. The summed E-state index contributed by atoms with van der Waals surface area (Å²) in [5.41, 5.74) is 8.13. The first-order valence-corrected chi connectivity index (χ1v) is 18.1. The van der Waals surface area contributed by atoms with E-state index in [-0.39, 0.29) is 54.7 Å². The Kier molecular flexibility index (Phi) is 15.8. The molecule has 1 aromatic heterocycles. The lowest BCUT2D eigenvalue weighted by Gasteiger charge is -2.41. The molecule has 0 bridgehead atoms. The van der Waals surface area contributed by atoms with Crippen LogP contribution in [0, 0.1) is 18.8 Å². The number of nitrogens with zero attached hydrogens (tertiary/aromatic N) is 3. The minimum absolute atomic E-state index is 0.0574. The quantitative estimate of drug-likeness (QED) is 0.218. The molecule has 3 N–H and O–H groups in total. The van der Waals surface area contributed by atoms with Crippen LogP contribution in [0.5, 0.6) is 0 Å². The molecular weight excluding hydrogens is 614 g/mol. The van der Waals surface area contributed by atoms with Crippen LogP contribution in [-0.4, -0.2) is 90.7 Å². The van der Waals surface area contributed by atoms with Crippen molar-refractivity contribution in [2.45, 2.75) is 110 Å². The number of benzene rings is 1. The molecule has 1 aromatic carbocycles. The molecule has 10 nitrogen and oxygen atoms in total. The second-order valence-corrected chi connectivity index (χ2v) is 13.8. The summed E-state index contributed by atoms with van der Waals surface area (Å²) in [5, 5.41) is 6.01. The van der Waals surface area contributed by atoms with Crippen LogP contribution in [0.25, 0.3) is 0 Å². The highest BCUT2D eigenvalue weighted by Gasteiger charge is 2.42. The highest BCUT2D eigenvalue weighted by molar-refractivity contribution is 7.09. The molecule has 0 radical (unpaired) electrons. The molecule has 3 rings (SSSR count). The van der Waals surface area contributed by atoms with Gasteiger partial charge < -0.3 is 30.3 Å². The van der Waals surface area contributed by atoms with Crippen LogP contribution in [0.2, 0.25) is 0 Å². The first-order valence-electron chi connectivity index (χ1n) is 17.2. The van der Waals surface area contributed by atoms with Gasteiger partial charge in [0.1, 0.15) is 5.01 Å². The summed E-state index contributed by atoms with van der Waals surface area (Å²) in [4.78, 5) is 49.1. The number of carbonyl (C=O) groups excluding carboxylic acids is 3. The van der Waals surface area contributed by atoms with Gasteiger partial charge in [0.05, 0.1) is 49.2 Å². The summed E-state index contributed by atoms with van der Waals surface area (Å²) in [7, 11) is 3.22. The fourth-order valence-corrected chi connectivity index (χ4v) is 7.48. The zero-order valence-electron chi connectivity index (χ0n) is 29.4. The van der Waals surface area contributed by atoms with Gasteiger partial charge in [-0.2, -0.15) is 0 Å². The van der Waals surface area contributed by atoms with Crippen molar-refractivity contribution in [2.24, 2.45) is 17.6 Å². The number of hydrogen-bond donors (Lipinski definition) is 2. The zero-order valence-corrected chi connectivity index (χ0v) is 30.3. The molecule has 1 aliphatic rings. The Labute approximate surface area is 285 Å². The van der Waals surface area contributed by atoms with E-state index in [4.69, 9.17) is 15.2 Å². The Morgan fingerprint density at radius 1 is 1.15 bits per heavy atom. The van der Waals surface area contributed by atoms with Crippen molar-refractivity contribution < 1.29 is 23.9 Å². The molecule has 0 saturated carbocycles. The summed E-state index contributed by atoms with van der Waals surface area (Å²) in [6.45, 7) is 11.3. The first-order chi connectivity index (χ1) is 22.6. The van der Waals surface area contributed by atoms with Gasteiger partial charge >= 0.3 is 0 Å². The molecule has 47 heavy (non-hydrogen) atoms. The lowest BCUT2D eigenvalue weighted by Crippen LogP contribution is -2.55. The smallest absolute Gasteiger partial charge is 0.236 e. The van der Waals surface area contributed by atoms with E-state index in [2.05, 4.69) is 62.3 Å². The van der Waals surface area contributed by atoms with E-state index in [1.54, 1.807) is 20.4 Å². The number of rotatable bonds is 19. The summed E-state index contributed by atoms with van der Waals surface area (Å²) >= 11 is 1.52. The molecule has 0 spiro atoms. The number of unbranched alkanes of at least 4 members (excludes halogenated alkanes) is 1. The summed E-state index contributed by atoms with van der Waals surface area (Å²) in [6.07, 6.45) is 5.69. The molecule has 1 aliphatic heterocycles. The maximum absolute atomic E-state index is 14.0. The Morgan fingerprint density at radius 2 is 1.87 bits per heavy atom. The van der Waals surface area contributed by atoms with Gasteiger partial charge in [-0.05, 0) is 44.1 Å². The molecular formula is C36H57N5O5S. The third-order valence-corrected chi connectivity index (χ3v) is 10.6. The van der Waals surface area contributed by atoms with E-state index in [1.165, 1.54) is 16.9 Å². The van der Waals surface area contributed by atoms with Crippen LogP contribution >= 0.6 is 11.3 Å². The van der Waals surface area contributed by atoms with Crippen LogP contribution in [-0.2, 0) is 30.3 Å². The standard InChI is InChI=1S/C36H57N5O5S/c1-8-10-18-41(32(43)23-37)33(25(4)9-2)30(45-6)22-31(42)40-19-11-12-29(40)34(46-7)26(5)35(44)39-28(36-38-17-20-47-36)21-27-15-13-24(3)14-16-27/h13-17,20,25-26,28-30,33-34H,8-12,18-19,21-23,37H2,1-7H3,(H,39,44). The summed E-state index contributed by atoms with van der Waals surface area (Å²) in [5.74, 6) is -0.734. The lowest BCUT2D eigenvalue weighted by molar-refractivity contribution is -0.146. The van der Waals surface area contributed by atoms with Crippen molar-refractivity contribution in [3.8, 4) is 0 Å². The topological polar surface area (TPSA) is 127 Å². The van der Waals surface area contributed by atoms with Crippen molar-refractivity contribution in [1.29, 1.82) is 0 Å². The molecule has 2 heterocycles. The van der Waals surface area contributed by atoms with Gasteiger partial charge in [0.2, 0.25) is 17.7 Å². The van der Waals surface area contributed by atoms with Crippen molar-refractivity contribution in [1.82, 2.24) is 20.1 Å². The van der Waals surface area contributed by atoms with Crippen LogP contribution in [0.1, 0.15) is 88.4 Å². The van der Waals surface area contributed by atoms with Gasteiger partial charge in [-0.3, -0.25) is 14.4 Å². The molecule has 262 valence electrons. The highest BCUT2D eigenvalue weighted by Crippen LogP contribution is 2.30. The molecule has 0 aliphatic carbocycles. The minimum Gasteiger partial charge on any atom is -0.379 e. The van der Waals surface area contributed by atoms with Gasteiger partial charge in [0, 0.05) is 38.9 Å². The molecule has 2 aromatic rings. The Balaban J connectivity index is 1.77. The monoisotopic (exact) mass is 671 g/mol. The Hall–Kier alpha value is -2.86. The lowest BCUT2D eigenvalue weighted by atomic mass is 9.89. The number of hydrogen-bond acceptors (Lipinski definition) is 8. The normalized spacial score (nSPS) is 18.6. The van der Waals surface area contributed by atoms with E-state index >= 15 is 0 Å². The molecule has 1 saturated heterocycles. The largest absolute Gasteiger partial charge is 0.379 e. The van der Waals surface area contributed by atoms with E-state index in [0.717, 1.165) is 42.7 Å². The number of likely N-dealkylation sites (tertiary alicyclic amines) is 1. The number of nitrogens with two attached hydrogens (primary N) is 1. The number of aromatic nitrogens is 1. The minimum atomic E-state index is -0.517. The third-order valence-electron chi connectivity index (χ3n) is 9.70. The average molecular weight is 672 g/mol. The third kappa shape index (κ3) is 10.3. The van der Waals surface area contributed by atoms with E-state index in [0.29, 0.717) is 19.5 Å². The van der Waals surface area contributed by atoms with Crippen molar-refractivity contribution in [2.75, 3.05) is 33.9 Å². The average Bonchev–Trinajstić information content (AvgIpc) is 3.79. The van der Waals surface area contributed by atoms with Gasteiger partial charge in [0.15, 0.2) is 0 Å². The van der Waals surface area contributed by atoms with Crippen LogP contribution in [0.4, 0.5) is 0 Å². The molecule has 7 atom stereocenters. The Bertz CT molecular complexity index is 1240. The number of carbonyl (C=O) groups is 3. The SMILES string of the molecule is CCCCN(C(=O)CN)C(C(C)CC)C(CC(=O)N1CCCC1C(OC)C(C)C(=O)NC(Cc1ccc(C)cc1)c1nccs1)OC. The number of methoxy groups -OCH3 is 2.